The van der Waals surface area contributed by atoms with Crippen molar-refractivity contribution in [1.29, 1.82) is 0 Å². The SMILES string of the molecule is O=C(Cc1csc2nc(-c3ccccc3)cn12)Nc1cccc(-n2cnnn2)c1. The highest BCUT2D eigenvalue weighted by Crippen LogP contribution is 2.24. The number of thiazole rings is 1. The van der Waals surface area contributed by atoms with Gasteiger partial charge in [0, 0.05) is 28.5 Å². The number of amides is 1. The lowest BCUT2D eigenvalue weighted by atomic mass is 10.2. The molecular weight excluding hydrogens is 386 g/mol. The van der Waals surface area contributed by atoms with E-state index < -0.39 is 0 Å². The molecule has 0 atom stereocenters. The first-order valence-electron chi connectivity index (χ1n) is 8.90. The summed E-state index contributed by atoms with van der Waals surface area (Å²) in [6.07, 6.45) is 3.73. The van der Waals surface area contributed by atoms with Crippen molar-refractivity contribution in [1.82, 2.24) is 29.6 Å². The molecule has 2 aromatic carbocycles. The molecule has 142 valence electrons. The van der Waals surface area contributed by atoms with Crippen molar-refractivity contribution in [2.24, 2.45) is 0 Å². The van der Waals surface area contributed by atoms with Gasteiger partial charge in [-0.1, -0.05) is 36.4 Å². The van der Waals surface area contributed by atoms with Gasteiger partial charge in [-0.3, -0.25) is 9.20 Å². The largest absolute Gasteiger partial charge is 0.326 e. The molecule has 3 heterocycles. The van der Waals surface area contributed by atoms with E-state index in [4.69, 9.17) is 0 Å². The molecule has 0 spiro atoms. The summed E-state index contributed by atoms with van der Waals surface area (Å²) in [6, 6.07) is 17.4. The van der Waals surface area contributed by atoms with Gasteiger partial charge in [0.25, 0.3) is 0 Å². The molecule has 0 aliphatic rings. The monoisotopic (exact) mass is 401 g/mol. The van der Waals surface area contributed by atoms with E-state index in [1.807, 2.05) is 70.6 Å². The zero-order chi connectivity index (χ0) is 19.6. The van der Waals surface area contributed by atoms with E-state index in [-0.39, 0.29) is 12.3 Å². The van der Waals surface area contributed by atoms with E-state index >= 15 is 0 Å². The van der Waals surface area contributed by atoms with Crippen molar-refractivity contribution >= 4 is 27.9 Å². The number of aromatic nitrogens is 6. The van der Waals surface area contributed by atoms with Gasteiger partial charge in [-0.15, -0.1) is 16.4 Å². The maximum absolute atomic E-state index is 12.6. The number of nitrogens with zero attached hydrogens (tertiary/aromatic N) is 6. The lowest BCUT2D eigenvalue weighted by Crippen LogP contribution is -2.15. The van der Waals surface area contributed by atoms with Crippen LogP contribution in [0.2, 0.25) is 0 Å². The number of rotatable bonds is 5. The lowest BCUT2D eigenvalue weighted by molar-refractivity contribution is -0.115. The Morgan fingerprint density at radius 2 is 2.00 bits per heavy atom. The van der Waals surface area contributed by atoms with E-state index in [2.05, 4.69) is 25.8 Å². The summed E-state index contributed by atoms with van der Waals surface area (Å²) in [6.45, 7) is 0. The summed E-state index contributed by atoms with van der Waals surface area (Å²) < 4.78 is 3.51. The third-order valence-corrected chi connectivity index (χ3v) is 5.33. The number of hydrogen-bond donors (Lipinski definition) is 1. The second kappa shape index (κ2) is 7.28. The maximum Gasteiger partial charge on any atom is 0.230 e. The topological polar surface area (TPSA) is 90.0 Å². The molecule has 0 saturated carbocycles. The molecule has 0 saturated heterocycles. The minimum Gasteiger partial charge on any atom is -0.326 e. The van der Waals surface area contributed by atoms with Crippen molar-refractivity contribution in [2.45, 2.75) is 6.42 Å². The van der Waals surface area contributed by atoms with Gasteiger partial charge in [0.1, 0.15) is 6.33 Å². The maximum atomic E-state index is 12.6. The molecule has 1 amide bonds. The first-order valence-corrected chi connectivity index (χ1v) is 9.78. The van der Waals surface area contributed by atoms with E-state index in [9.17, 15) is 4.79 Å². The summed E-state index contributed by atoms with van der Waals surface area (Å²) >= 11 is 1.52. The molecule has 29 heavy (non-hydrogen) atoms. The Bertz CT molecular complexity index is 1270. The van der Waals surface area contributed by atoms with Gasteiger partial charge in [-0.2, -0.15) is 0 Å². The number of fused-ring (bicyclic) bond motifs is 1. The Kier molecular flexibility index (Phi) is 4.34. The number of benzene rings is 2. The first-order chi connectivity index (χ1) is 14.3. The van der Waals surface area contributed by atoms with Crippen LogP contribution < -0.4 is 5.32 Å². The van der Waals surface area contributed by atoms with Crippen LogP contribution in [0.15, 0.2) is 72.5 Å². The Morgan fingerprint density at radius 3 is 2.83 bits per heavy atom. The van der Waals surface area contributed by atoms with Crippen LogP contribution in [0.25, 0.3) is 21.9 Å². The van der Waals surface area contributed by atoms with Crippen LogP contribution in [-0.2, 0) is 11.2 Å². The molecule has 0 unspecified atom stereocenters. The smallest absolute Gasteiger partial charge is 0.230 e. The molecule has 0 aliphatic heterocycles. The van der Waals surface area contributed by atoms with Gasteiger partial charge in [0.15, 0.2) is 4.96 Å². The Balaban J connectivity index is 1.34. The fraction of sp³-hybridized carbons (Fsp3) is 0.0500. The number of nitrogens with one attached hydrogen (secondary N) is 1. The highest BCUT2D eigenvalue weighted by Gasteiger charge is 2.13. The van der Waals surface area contributed by atoms with Crippen molar-refractivity contribution in [3.05, 3.63) is 78.2 Å². The second-order valence-electron chi connectivity index (χ2n) is 6.40. The Labute approximate surface area is 169 Å². The quantitative estimate of drug-likeness (QED) is 0.488. The normalized spacial score (nSPS) is 11.0. The number of carbonyl (C=O) groups excluding carboxylic acids is 1. The third-order valence-electron chi connectivity index (χ3n) is 4.44. The predicted molar refractivity (Wildman–Crippen MR) is 110 cm³/mol. The summed E-state index contributed by atoms with van der Waals surface area (Å²) in [4.78, 5) is 18.1. The van der Waals surface area contributed by atoms with E-state index in [1.165, 1.54) is 22.3 Å². The van der Waals surface area contributed by atoms with Crippen LogP contribution in [0.5, 0.6) is 0 Å². The van der Waals surface area contributed by atoms with Gasteiger partial charge in [-0.25, -0.2) is 9.67 Å². The number of hydrogen-bond acceptors (Lipinski definition) is 6. The van der Waals surface area contributed by atoms with Crippen molar-refractivity contribution in [3.8, 4) is 16.9 Å². The van der Waals surface area contributed by atoms with Gasteiger partial charge < -0.3 is 5.32 Å². The Morgan fingerprint density at radius 1 is 1.10 bits per heavy atom. The van der Waals surface area contributed by atoms with Gasteiger partial charge in [0.05, 0.1) is 17.8 Å². The molecule has 0 aliphatic carbocycles. The van der Waals surface area contributed by atoms with E-state index in [1.54, 1.807) is 0 Å². The molecule has 0 fully saturated rings. The minimum absolute atomic E-state index is 0.103. The molecule has 9 heteroatoms. The predicted octanol–water partition coefficient (Wildman–Crippen LogP) is 3.22. The fourth-order valence-electron chi connectivity index (χ4n) is 3.08. The third kappa shape index (κ3) is 3.50. The highest BCUT2D eigenvalue weighted by atomic mass is 32.1. The van der Waals surface area contributed by atoms with Gasteiger partial charge in [-0.05, 0) is 28.6 Å². The minimum atomic E-state index is -0.103. The molecule has 5 aromatic rings. The summed E-state index contributed by atoms with van der Waals surface area (Å²) in [5.74, 6) is -0.103. The molecule has 1 N–H and O–H groups in total. The van der Waals surface area contributed by atoms with Crippen molar-refractivity contribution < 1.29 is 4.79 Å². The number of tetrazole rings is 1. The highest BCUT2D eigenvalue weighted by molar-refractivity contribution is 7.15. The summed E-state index contributed by atoms with van der Waals surface area (Å²) in [5, 5.41) is 16.0. The zero-order valence-electron chi connectivity index (χ0n) is 15.1. The molecule has 0 radical (unpaired) electrons. The average Bonchev–Trinajstić information content (AvgIpc) is 3.48. The standard InChI is InChI=1S/C20H15N7OS/c28-19(22-15-7-4-8-16(9-15)27-13-21-24-25-27)10-17-12-29-20-23-18(11-26(17)20)14-5-2-1-3-6-14/h1-9,11-13H,10H2,(H,22,28). The fourth-order valence-corrected chi connectivity index (χ4v) is 3.95. The lowest BCUT2D eigenvalue weighted by Gasteiger charge is -2.07. The van der Waals surface area contributed by atoms with E-state index in [0.29, 0.717) is 5.69 Å². The van der Waals surface area contributed by atoms with Crippen molar-refractivity contribution in [3.63, 3.8) is 0 Å². The zero-order valence-corrected chi connectivity index (χ0v) is 16.0. The van der Waals surface area contributed by atoms with Gasteiger partial charge in [0.2, 0.25) is 5.91 Å². The van der Waals surface area contributed by atoms with Crippen LogP contribution in [0.1, 0.15) is 5.69 Å². The molecule has 3 aromatic heterocycles. The van der Waals surface area contributed by atoms with Crippen LogP contribution >= 0.6 is 11.3 Å². The second-order valence-corrected chi connectivity index (χ2v) is 7.24. The first kappa shape index (κ1) is 17.3. The number of anilines is 1. The molecular formula is C20H15N7OS. The van der Waals surface area contributed by atoms with Crippen LogP contribution in [0.3, 0.4) is 0 Å². The molecule has 5 rings (SSSR count). The van der Waals surface area contributed by atoms with Crippen LogP contribution in [-0.4, -0.2) is 35.5 Å². The summed E-state index contributed by atoms with van der Waals surface area (Å²) in [7, 11) is 0. The Hall–Kier alpha value is -3.85. The molecule has 8 nitrogen and oxygen atoms in total. The summed E-state index contributed by atoms with van der Waals surface area (Å²) in [5.41, 5.74) is 4.30. The van der Waals surface area contributed by atoms with Crippen LogP contribution in [0.4, 0.5) is 5.69 Å². The number of imidazole rings is 1. The van der Waals surface area contributed by atoms with Gasteiger partial charge >= 0.3 is 0 Å². The van der Waals surface area contributed by atoms with E-state index in [0.717, 1.165) is 27.6 Å². The average molecular weight is 401 g/mol. The molecule has 0 bridgehead atoms. The van der Waals surface area contributed by atoms with Crippen LogP contribution in [0, 0.1) is 0 Å². The van der Waals surface area contributed by atoms with Crippen molar-refractivity contribution in [2.75, 3.05) is 5.32 Å². The number of carbonyl (C=O) groups is 1.